The number of carbonyl (C=O) groups excluding carboxylic acids is 1. The minimum Gasteiger partial charge on any atom is -0.364 e. The summed E-state index contributed by atoms with van der Waals surface area (Å²) < 4.78 is 0. The molecule has 0 spiro atoms. The summed E-state index contributed by atoms with van der Waals surface area (Å²) in [5.41, 5.74) is 0. The first-order chi connectivity index (χ1) is 7.61. The molecule has 2 unspecified atom stereocenters. The standard InChI is InChI=1S/C11H21N3OS/c1-4-8(2)14-10(15)5-6-12-11-13-7-9(3)16-11/h8-9H,4-7H2,1-3H3,(H,12,13)(H,14,15). The fourth-order valence-corrected chi connectivity index (χ4v) is 2.17. The maximum Gasteiger partial charge on any atom is 0.221 e. The first-order valence-electron chi connectivity index (χ1n) is 5.86. The smallest absolute Gasteiger partial charge is 0.221 e. The number of amides is 1. The molecule has 1 amide bonds. The normalized spacial score (nSPS) is 21.4. The Kier molecular flexibility index (Phi) is 5.66. The summed E-state index contributed by atoms with van der Waals surface area (Å²) in [4.78, 5) is 15.8. The summed E-state index contributed by atoms with van der Waals surface area (Å²) in [5, 5.41) is 7.67. The molecule has 16 heavy (non-hydrogen) atoms. The Morgan fingerprint density at radius 3 is 3.00 bits per heavy atom. The van der Waals surface area contributed by atoms with Crippen molar-refractivity contribution in [2.24, 2.45) is 4.99 Å². The molecule has 1 aliphatic heterocycles. The van der Waals surface area contributed by atoms with Gasteiger partial charge in [-0.05, 0) is 13.3 Å². The molecule has 2 atom stereocenters. The highest BCUT2D eigenvalue weighted by Gasteiger charge is 2.14. The predicted molar refractivity (Wildman–Crippen MR) is 69.9 cm³/mol. The van der Waals surface area contributed by atoms with Gasteiger partial charge in [0.25, 0.3) is 0 Å². The van der Waals surface area contributed by atoms with Gasteiger partial charge < -0.3 is 10.6 Å². The lowest BCUT2D eigenvalue weighted by molar-refractivity contribution is -0.121. The van der Waals surface area contributed by atoms with Gasteiger partial charge in [-0.25, -0.2) is 0 Å². The molecule has 92 valence electrons. The molecule has 1 rings (SSSR count). The summed E-state index contributed by atoms with van der Waals surface area (Å²) in [6.45, 7) is 7.78. The lowest BCUT2D eigenvalue weighted by atomic mass is 10.2. The number of thioether (sulfide) groups is 1. The topological polar surface area (TPSA) is 53.5 Å². The maximum atomic E-state index is 11.5. The quantitative estimate of drug-likeness (QED) is 0.767. The van der Waals surface area contributed by atoms with Gasteiger partial charge >= 0.3 is 0 Å². The van der Waals surface area contributed by atoms with Gasteiger partial charge in [-0.15, -0.1) is 0 Å². The summed E-state index contributed by atoms with van der Waals surface area (Å²) in [6, 6.07) is 0.269. The lowest BCUT2D eigenvalue weighted by Crippen LogP contribution is -2.34. The summed E-state index contributed by atoms with van der Waals surface area (Å²) in [6.07, 6.45) is 1.48. The first-order valence-corrected chi connectivity index (χ1v) is 6.74. The van der Waals surface area contributed by atoms with E-state index in [1.54, 1.807) is 11.8 Å². The van der Waals surface area contributed by atoms with E-state index in [4.69, 9.17) is 0 Å². The van der Waals surface area contributed by atoms with Crippen LogP contribution in [-0.4, -0.2) is 35.5 Å². The van der Waals surface area contributed by atoms with Crippen molar-refractivity contribution in [1.29, 1.82) is 0 Å². The van der Waals surface area contributed by atoms with Crippen LogP contribution in [0.3, 0.4) is 0 Å². The average molecular weight is 243 g/mol. The molecule has 0 saturated carbocycles. The molecule has 1 heterocycles. The van der Waals surface area contributed by atoms with Crippen LogP contribution in [0.25, 0.3) is 0 Å². The van der Waals surface area contributed by atoms with Crippen LogP contribution < -0.4 is 10.6 Å². The van der Waals surface area contributed by atoms with E-state index < -0.39 is 0 Å². The van der Waals surface area contributed by atoms with Crippen LogP contribution in [-0.2, 0) is 4.79 Å². The molecule has 5 heteroatoms. The van der Waals surface area contributed by atoms with E-state index in [9.17, 15) is 4.79 Å². The Hall–Kier alpha value is -0.710. The molecule has 0 radical (unpaired) electrons. The third-order valence-electron chi connectivity index (χ3n) is 2.45. The highest BCUT2D eigenvalue weighted by atomic mass is 32.2. The SMILES string of the molecule is CCC(C)NC(=O)CCNC1=NCC(C)S1. The van der Waals surface area contributed by atoms with Crippen LogP contribution in [0.15, 0.2) is 4.99 Å². The van der Waals surface area contributed by atoms with Gasteiger partial charge in [-0.3, -0.25) is 9.79 Å². The summed E-state index contributed by atoms with van der Waals surface area (Å²) >= 11 is 1.74. The van der Waals surface area contributed by atoms with Crippen molar-refractivity contribution < 1.29 is 4.79 Å². The van der Waals surface area contributed by atoms with Crippen LogP contribution in [0.1, 0.15) is 33.6 Å². The predicted octanol–water partition coefficient (Wildman–Crippen LogP) is 1.37. The number of aliphatic imine (C=N–C) groups is 1. The average Bonchev–Trinajstić information content (AvgIpc) is 2.64. The Labute approximate surface area is 102 Å². The molecule has 2 N–H and O–H groups in total. The Balaban J connectivity index is 2.09. The number of rotatable bonds is 5. The highest BCUT2D eigenvalue weighted by Crippen LogP contribution is 2.18. The Morgan fingerprint density at radius 1 is 1.69 bits per heavy atom. The van der Waals surface area contributed by atoms with Gasteiger partial charge in [0.15, 0.2) is 5.17 Å². The molecule has 0 aliphatic carbocycles. The third kappa shape index (κ3) is 4.88. The molecular formula is C11H21N3OS. The van der Waals surface area contributed by atoms with Crippen molar-refractivity contribution in [2.75, 3.05) is 13.1 Å². The summed E-state index contributed by atoms with van der Waals surface area (Å²) in [5.74, 6) is 0.110. The number of amidine groups is 1. The van der Waals surface area contributed by atoms with Crippen molar-refractivity contribution in [3.63, 3.8) is 0 Å². The van der Waals surface area contributed by atoms with E-state index in [0.29, 0.717) is 18.2 Å². The van der Waals surface area contributed by atoms with E-state index in [1.165, 1.54) is 0 Å². The molecule has 0 aromatic rings. The second-order valence-corrected chi connectivity index (χ2v) is 5.56. The van der Waals surface area contributed by atoms with Crippen molar-refractivity contribution in [1.82, 2.24) is 10.6 Å². The third-order valence-corrected chi connectivity index (χ3v) is 3.50. The number of hydrogen-bond donors (Lipinski definition) is 2. The van der Waals surface area contributed by atoms with Crippen molar-refractivity contribution in [3.8, 4) is 0 Å². The first kappa shape index (κ1) is 13.4. The van der Waals surface area contributed by atoms with E-state index >= 15 is 0 Å². The van der Waals surface area contributed by atoms with Gasteiger partial charge in [0.05, 0.1) is 6.54 Å². The van der Waals surface area contributed by atoms with Crippen molar-refractivity contribution in [3.05, 3.63) is 0 Å². The van der Waals surface area contributed by atoms with Gasteiger partial charge in [0, 0.05) is 24.3 Å². The molecule has 0 fully saturated rings. The molecular weight excluding hydrogens is 222 g/mol. The Morgan fingerprint density at radius 2 is 2.44 bits per heavy atom. The number of carbonyl (C=O) groups is 1. The van der Waals surface area contributed by atoms with Gasteiger partial charge in [-0.2, -0.15) is 0 Å². The molecule has 1 aliphatic rings. The van der Waals surface area contributed by atoms with Crippen LogP contribution in [0.2, 0.25) is 0 Å². The van der Waals surface area contributed by atoms with Gasteiger partial charge in [0.1, 0.15) is 0 Å². The lowest BCUT2D eigenvalue weighted by Gasteiger charge is -2.11. The van der Waals surface area contributed by atoms with Crippen LogP contribution in [0.4, 0.5) is 0 Å². The van der Waals surface area contributed by atoms with Gasteiger partial charge in [-0.1, -0.05) is 25.6 Å². The van der Waals surface area contributed by atoms with E-state index in [1.807, 2.05) is 6.92 Å². The zero-order valence-electron chi connectivity index (χ0n) is 10.2. The van der Waals surface area contributed by atoms with Crippen LogP contribution in [0, 0.1) is 0 Å². The van der Waals surface area contributed by atoms with Gasteiger partial charge in [0.2, 0.25) is 5.91 Å². The largest absolute Gasteiger partial charge is 0.364 e. The zero-order valence-corrected chi connectivity index (χ0v) is 11.1. The van der Waals surface area contributed by atoms with E-state index in [2.05, 4.69) is 29.5 Å². The fourth-order valence-electron chi connectivity index (χ4n) is 1.31. The van der Waals surface area contributed by atoms with Crippen LogP contribution in [0.5, 0.6) is 0 Å². The number of nitrogens with one attached hydrogen (secondary N) is 2. The second-order valence-electron chi connectivity index (χ2n) is 4.13. The molecule has 0 aromatic heterocycles. The molecule has 0 bridgehead atoms. The minimum absolute atomic E-state index is 0.110. The van der Waals surface area contributed by atoms with Crippen molar-refractivity contribution in [2.45, 2.75) is 44.9 Å². The number of nitrogens with zero attached hydrogens (tertiary/aromatic N) is 1. The van der Waals surface area contributed by atoms with Crippen LogP contribution >= 0.6 is 11.8 Å². The van der Waals surface area contributed by atoms with Crippen molar-refractivity contribution >= 4 is 22.8 Å². The number of hydrogen-bond acceptors (Lipinski definition) is 4. The monoisotopic (exact) mass is 243 g/mol. The van der Waals surface area contributed by atoms with E-state index in [0.717, 1.165) is 18.1 Å². The summed E-state index contributed by atoms with van der Waals surface area (Å²) in [7, 11) is 0. The molecule has 0 saturated heterocycles. The molecule has 0 aromatic carbocycles. The second kappa shape index (κ2) is 6.78. The Bertz CT molecular complexity index is 268. The van der Waals surface area contributed by atoms with E-state index in [-0.39, 0.29) is 11.9 Å². The minimum atomic E-state index is 0.110. The fraction of sp³-hybridized carbons (Fsp3) is 0.818. The maximum absolute atomic E-state index is 11.5. The highest BCUT2D eigenvalue weighted by molar-refractivity contribution is 8.14. The zero-order chi connectivity index (χ0) is 12.0. The molecule has 4 nitrogen and oxygen atoms in total.